The molecule has 1 heterocycles. The highest BCUT2D eigenvalue weighted by molar-refractivity contribution is 6.04. The van der Waals surface area contributed by atoms with Gasteiger partial charge in [0.2, 0.25) is 0 Å². The molecule has 0 aliphatic carbocycles. The zero-order valence-corrected chi connectivity index (χ0v) is 23.7. The van der Waals surface area contributed by atoms with Crippen LogP contribution in [0.15, 0.2) is 109 Å². The highest BCUT2D eigenvalue weighted by Gasteiger charge is 2.19. The van der Waals surface area contributed by atoms with Crippen molar-refractivity contribution in [2.24, 2.45) is 0 Å². The molecule has 0 spiro atoms. The molecule has 0 fully saturated rings. The molecule has 0 saturated heterocycles. The van der Waals surface area contributed by atoms with E-state index in [0.29, 0.717) is 0 Å². The smallest absolute Gasteiger partial charge is 0.0452 e. The van der Waals surface area contributed by atoms with Crippen LogP contribution in [0.5, 0.6) is 0 Å². The summed E-state index contributed by atoms with van der Waals surface area (Å²) >= 11 is 0. The minimum Gasteiger partial charge on any atom is -0.370 e. The van der Waals surface area contributed by atoms with Crippen LogP contribution in [0.3, 0.4) is 0 Å². The van der Waals surface area contributed by atoms with Crippen molar-refractivity contribution in [2.45, 2.75) is 26.9 Å². The van der Waals surface area contributed by atoms with Crippen LogP contribution < -0.4 is 9.80 Å². The van der Waals surface area contributed by atoms with Crippen LogP contribution in [0, 0.1) is 13.8 Å². The second-order valence-electron chi connectivity index (χ2n) is 11.5. The van der Waals surface area contributed by atoms with Crippen LogP contribution in [-0.4, -0.2) is 14.1 Å². The van der Waals surface area contributed by atoms with Crippen molar-refractivity contribution in [3.63, 3.8) is 0 Å². The van der Waals surface area contributed by atoms with Crippen molar-refractivity contribution < 1.29 is 0 Å². The van der Waals surface area contributed by atoms with Gasteiger partial charge < -0.3 is 9.80 Å². The molecule has 0 saturated carbocycles. The molecule has 40 heavy (non-hydrogen) atoms. The molecule has 1 aliphatic heterocycles. The standard InChI is InChI=1S/C38H34N2/c1-25-17-27-21-31(19-25)37-33-11-7-5-9-29(33)13-15-35(37)40(4)24-28-18-26(2)20-32(22-28)38-34-12-8-6-10-30(34)14-16-36(38)39(3)23-27/h5-22H,23-24H2,1-4H3. The Bertz CT molecular complexity index is 1770. The molecule has 0 aromatic heterocycles. The Balaban J connectivity index is 1.53. The van der Waals surface area contributed by atoms with E-state index in [1.54, 1.807) is 0 Å². The minimum absolute atomic E-state index is 0.828. The normalized spacial score (nSPS) is 13.2. The van der Waals surface area contributed by atoms with E-state index in [1.165, 1.54) is 77.4 Å². The van der Waals surface area contributed by atoms with Crippen molar-refractivity contribution in [3.05, 3.63) is 131 Å². The lowest BCUT2D eigenvalue weighted by atomic mass is 9.91. The van der Waals surface area contributed by atoms with Gasteiger partial charge in [0, 0.05) is 49.7 Å². The molecule has 6 aromatic carbocycles. The zero-order chi connectivity index (χ0) is 27.4. The maximum Gasteiger partial charge on any atom is 0.0452 e. The summed E-state index contributed by atoms with van der Waals surface area (Å²) in [6.07, 6.45) is 0. The molecular formula is C38H34N2. The van der Waals surface area contributed by atoms with Crippen LogP contribution in [-0.2, 0) is 13.1 Å². The third kappa shape index (κ3) is 4.21. The fourth-order valence-electron chi connectivity index (χ4n) is 6.68. The summed E-state index contributed by atoms with van der Waals surface area (Å²) in [5.41, 5.74) is 12.9. The van der Waals surface area contributed by atoms with Gasteiger partial charge >= 0.3 is 0 Å². The van der Waals surface area contributed by atoms with Gasteiger partial charge in [-0.15, -0.1) is 0 Å². The van der Waals surface area contributed by atoms with E-state index in [0.717, 1.165) is 13.1 Å². The second-order valence-corrected chi connectivity index (χ2v) is 11.5. The molecule has 4 bridgehead atoms. The summed E-state index contributed by atoms with van der Waals surface area (Å²) in [5, 5.41) is 5.14. The summed E-state index contributed by atoms with van der Waals surface area (Å²) < 4.78 is 0. The quantitative estimate of drug-likeness (QED) is 0.198. The van der Waals surface area contributed by atoms with Gasteiger partial charge in [0.05, 0.1) is 0 Å². The second kappa shape index (κ2) is 9.57. The van der Waals surface area contributed by atoms with E-state index >= 15 is 0 Å². The minimum atomic E-state index is 0.828. The molecule has 196 valence electrons. The average Bonchev–Trinajstić information content (AvgIpc) is 2.94. The Morgan fingerprint density at radius 2 is 0.900 bits per heavy atom. The maximum absolute atomic E-state index is 2.42. The average molecular weight is 519 g/mol. The molecule has 0 unspecified atom stereocenters. The van der Waals surface area contributed by atoms with E-state index in [2.05, 4.69) is 147 Å². The third-order valence-electron chi connectivity index (χ3n) is 8.33. The molecule has 2 heteroatoms. The first-order valence-corrected chi connectivity index (χ1v) is 14.1. The van der Waals surface area contributed by atoms with Crippen molar-refractivity contribution in [3.8, 4) is 22.3 Å². The number of aryl methyl sites for hydroxylation is 2. The van der Waals surface area contributed by atoms with Crippen molar-refractivity contribution in [1.82, 2.24) is 0 Å². The topological polar surface area (TPSA) is 6.48 Å². The van der Waals surface area contributed by atoms with E-state index in [-0.39, 0.29) is 0 Å². The van der Waals surface area contributed by atoms with Crippen LogP contribution in [0.4, 0.5) is 11.4 Å². The summed E-state index contributed by atoms with van der Waals surface area (Å²) in [6, 6.07) is 40.9. The predicted molar refractivity (Wildman–Crippen MR) is 172 cm³/mol. The summed E-state index contributed by atoms with van der Waals surface area (Å²) in [4.78, 5) is 4.84. The molecule has 1 aliphatic rings. The molecule has 0 N–H and O–H groups in total. The number of fused-ring (bicyclic) bond motifs is 12. The Labute approximate surface area is 237 Å². The maximum atomic E-state index is 2.42. The number of benzene rings is 6. The van der Waals surface area contributed by atoms with Gasteiger partial charge in [0.25, 0.3) is 0 Å². The molecule has 0 atom stereocenters. The highest BCUT2D eigenvalue weighted by Crippen LogP contribution is 2.42. The number of rotatable bonds is 0. The monoisotopic (exact) mass is 518 g/mol. The fraction of sp³-hybridized carbons (Fsp3) is 0.158. The van der Waals surface area contributed by atoms with Crippen molar-refractivity contribution >= 4 is 32.9 Å². The Hall–Kier alpha value is -4.56. The van der Waals surface area contributed by atoms with E-state index < -0.39 is 0 Å². The summed E-state index contributed by atoms with van der Waals surface area (Å²) in [5.74, 6) is 0. The van der Waals surface area contributed by atoms with Crippen molar-refractivity contribution in [2.75, 3.05) is 23.9 Å². The molecule has 0 radical (unpaired) electrons. The van der Waals surface area contributed by atoms with Crippen LogP contribution >= 0.6 is 0 Å². The Morgan fingerprint density at radius 1 is 0.475 bits per heavy atom. The Morgan fingerprint density at radius 3 is 1.35 bits per heavy atom. The van der Waals surface area contributed by atoms with Crippen molar-refractivity contribution in [1.29, 1.82) is 0 Å². The molecule has 0 amide bonds. The zero-order valence-electron chi connectivity index (χ0n) is 23.7. The summed E-state index contributed by atoms with van der Waals surface area (Å²) in [7, 11) is 4.46. The fourth-order valence-corrected chi connectivity index (χ4v) is 6.68. The number of hydrogen-bond acceptors (Lipinski definition) is 2. The number of nitrogens with zero attached hydrogens (tertiary/aromatic N) is 2. The SMILES string of the molecule is Cc1cc2cc(c1)-c1c(ccc3ccccc13)N(C)Cc1cc(C)cc(c1)-c1c(ccc3ccccc13)N(C)C2. The van der Waals surface area contributed by atoms with Gasteiger partial charge in [-0.3, -0.25) is 0 Å². The van der Waals surface area contributed by atoms with E-state index in [4.69, 9.17) is 0 Å². The van der Waals surface area contributed by atoms with Gasteiger partial charge in [0.15, 0.2) is 0 Å². The van der Waals surface area contributed by atoms with Crippen LogP contribution in [0.25, 0.3) is 43.8 Å². The van der Waals surface area contributed by atoms with Gasteiger partial charge in [-0.1, -0.05) is 96.1 Å². The van der Waals surface area contributed by atoms with E-state index in [9.17, 15) is 0 Å². The van der Waals surface area contributed by atoms with Gasteiger partial charge in [-0.05, 0) is 81.9 Å². The lowest BCUT2D eigenvalue weighted by Gasteiger charge is -2.28. The molecule has 2 nitrogen and oxygen atoms in total. The first kappa shape index (κ1) is 24.5. The molecule has 7 rings (SSSR count). The van der Waals surface area contributed by atoms with Gasteiger partial charge in [0.1, 0.15) is 0 Å². The number of hydrogen-bond donors (Lipinski definition) is 0. The third-order valence-corrected chi connectivity index (χ3v) is 8.33. The van der Waals surface area contributed by atoms with E-state index in [1.807, 2.05) is 0 Å². The highest BCUT2D eigenvalue weighted by atomic mass is 15.1. The molecular weight excluding hydrogens is 484 g/mol. The summed E-state index contributed by atoms with van der Waals surface area (Å²) in [6.45, 7) is 6.10. The van der Waals surface area contributed by atoms with Crippen LogP contribution in [0.2, 0.25) is 0 Å². The predicted octanol–water partition coefficient (Wildman–Crippen LogP) is 9.53. The number of anilines is 2. The largest absolute Gasteiger partial charge is 0.370 e. The molecule has 6 aromatic rings. The first-order valence-electron chi connectivity index (χ1n) is 14.1. The lowest BCUT2D eigenvalue weighted by Crippen LogP contribution is -2.19. The van der Waals surface area contributed by atoms with Crippen LogP contribution in [0.1, 0.15) is 22.3 Å². The van der Waals surface area contributed by atoms with Gasteiger partial charge in [-0.25, -0.2) is 0 Å². The lowest BCUT2D eigenvalue weighted by molar-refractivity contribution is 0.917. The first-order chi connectivity index (χ1) is 19.4. The Kier molecular flexibility index (Phi) is 5.86. The van der Waals surface area contributed by atoms with Gasteiger partial charge in [-0.2, -0.15) is 0 Å².